The maximum atomic E-state index is 12.4. The number of nitrogens with one attached hydrogen (secondary N) is 1. The van der Waals surface area contributed by atoms with Gasteiger partial charge in [-0.15, -0.1) is 0 Å². The predicted molar refractivity (Wildman–Crippen MR) is 101 cm³/mol. The molecule has 0 saturated heterocycles. The molecule has 1 aromatic heterocycles. The number of benzene rings is 2. The van der Waals surface area contributed by atoms with Gasteiger partial charge in [0.1, 0.15) is 5.82 Å². The molecule has 2 aromatic carbocycles. The normalized spacial score (nSPS) is 10.6. The fourth-order valence-electron chi connectivity index (χ4n) is 2.79. The minimum Gasteiger partial charge on any atom is -0.311 e. The summed E-state index contributed by atoms with van der Waals surface area (Å²) in [6.07, 6.45) is 1.37. The number of amides is 1. The molecule has 1 heterocycles. The van der Waals surface area contributed by atoms with E-state index in [1.165, 1.54) is 5.56 Å². The molecule has 1 N–H and O–H groups in total. The van der Waals surface area contributed by atoms with Crippen LogP contribution in [0, 0.1) is 6.92 Å². The van der Waals surface area contributed by atoms with E-state index in [2.05, 4.69) is 41.6 Å². The van der Waals surface area contributed by atoms with E-state index in [1.54, 1.807) is 0 Å². The highest BCUT2D eigenvalue weighted by atomic mass is 16.1. The van der Waals surface area contributed by atoms with Crippen LogP contribution in [0.4, 0.5) is 5.82 Å². The van der Waals surface area contributed by atoms with E-state index in [0.29, 0.717) is 13.0 Å². The van der Waals surface area contributed by atoms with Crippen LogP contribution in [0.3, 0.4) is 0 Å². The van der Waals surface area contributed by atoms with Crippen LogP contribution in [-0.2, 0) is 24.2 Å². The van der Waals surface area contributed by atoms with E-state index in [4.69, 9.17) is 0 Å². The molecule has 4 nitrogen and oxygen atoms in total. The Hall–Kier alpha value is -2.88. The van der Waals surface area contributed by atoms with Crippen molar-refractivity contribution >= 4 is 11.7 Å². The predicted octanol–water partition coefficient (Wildman–Crippen LogP) is 3.98. The van der Waals surface area contributed by atoms with Gasteiger partial charge in [-0.2, -0.15) is 5.10 Å². The molecule has 3 aromatic rings. The molecule has 3 rings (SSSR count). The van der Waals surface area contributed by atoms with E-state index in [0.717, 1.165) is 29.1 Å². The number of rotatable bonds is 6. The van der Waals surface area contributed by atoms with Crippen LogP contribution in [-0.4, -0.2) is 15.7 Å². The van der Waals surface area contributed by atoms with Crippen LogP contribution >= 0.6 is 0 Å². The maximum absolute atomic E-state index is 12.4. The first kappa shape index (κ1) is 17.0. The van der Waals surface area contributed by atoms with Crippen molar-refractivity contribution < 1.29 is 4.79 Å². The molecule has 0 unspecified atom stereocenters. The first-order valence-corrected chi connectivity index (χ1v) is 8.60. The third-order valence-electron chi connectivity index (χ3n) is 4.14. The fourth-order valence-corrected chi connectivity index (χ4v) is 2.79. The summed E-state index contributed by atoms with van der Waals surface area (Å²) >= 11 is 0. The van der Waals surface area contributed by atoms with Gasteiger partial charge in [0.15, 0.2) is 0 Å². The Labute approximate surface area is 148 Å². The monoisotopic (exact) mass is 333 g/mol. The highest BCUT2D eigenvalue weighted by molar-refractivity contribution is 5.91. The Morgan fingerprint density at radius 3 is 2.36 bits per heavy atom. The molecule has 0 radical (unpaired) electrons. The summed E-state index contributed by atoms with van der Waals surface area (Å²) in [6.45, 7) is 4.69. The summed E-state index contributed by atoms with van der Waals surface area (Å²) in [5, 5.41) is 7.48. The van der Waals surface area contributed by atoms with Crippen molar-refractivity contribution in [3.8, 4) is 0 Å². The SMILES string of the molecule is CCc1ccc(CC(=O)Nc2cc(C)nn2Cc2ccccc2)cc1. The second-order valence-electron chi connectivity index (χ2n) is 6.21. The summed E-state index contributed by atoms with van der Waals surface area (Å²) in [5.41, 5.74) is 4.33. The molecule has 4 heteroatoms. The maximum Gasteiger partial charge on any atom is 0.229 e. The van der Waals surface area contributed by atoms with Gasteiger partial charge in [0.2, 0.25) is 5.91 Å². The molecule has 0 aliphatic heterocycles. The van der Waals surface area contributed by atoms with Crippen molar-refractivity contribution in [2.75, 3.05) is 5.32 Å². The van der Waals surface area contributed by atoms with E-state index < -0.39 is 0 Å². The Kier molecular flexibility index (Phi) is 5.29. The fraction of sp³-hybridized carbons (Fsp3) is 0.238. The van der Waals surface area contributed by atoms with Gasteiger partial charge in [0, 0.05) is 6.07 Å². The van der Waals surface area contributed by atoms with Crippen molar-refractivity contribution in [3.63, 3.8) is 0 Å². The van der Waals surface area contributed by atoms with Gasteiger partial charge in [-0.3, -0.25) is 4.79 Å². The van der Waals surface area contributed by atoms with Crippen molar-refractivity contribution in [1.29, 1.82) is 0 Å². The van der Waals surface area contributed by atoms with Crippen molar-refractivity contribution in [1.82, 2.24) is 9.78 Å². The van der Waals surface area contributed by atoms with E-state index in [9.17, 15) is 4.79 Å². The van der Waals surface area contributed by atoms with Gasteiger partial charge in [0.05, 0.1) is 18.7 Å². The lowest BCUT2D eigenvalue weighted by molar-refractivity contribution is -0.115. The molecule has 1 amide bonds. The first-order chi connectivity index (χ1) is 12.1. The summed E-state index contributed by atoms with van der Waals surface area (Å²) in [6, 6.07) is 20.2. The van der Waals surface area contributed by atoms with Crippen molar-refractivity contribution in [3.05, 3.63) is 83.0 Å². The Balaban J connectivity index is 1.68. The highest BCUT2D eigenvalue weighted by Crippen LogP contribution is 2.14. The number of nitrogens with zero attached hydrogens (tertiary/aromatic N) is 2. The molecule has 25 heavy (non-hydrogen) atoms. The van der Waals surface area contributed by atoms with Gasteiger partial charge >= 0.3 is 0 Å². The number of carbonyl (C=O) groups excluding carboxylic acids is 1. The number of hydrogen-bond donors (Lipinski definition) is 1. The molecule has 0 saturated carbocycles. The lowest BCUT2D eigenvalue weighted by Gasteiger charge is -2.09. The summed E-state index contributed by atoms with van der Waals surface area (Å²) in [5.74, 6) is 0.704. The van der Waals surface area contributed by atoms with E-state index >= 15 is 0 Å². The van der Waals surface area contributed by atoms with Crippen LogP contribution in [0.1, 0.15) is 29.3 Å². The van der Waals surface area contributed by atoms with Gasteiger partial charge in [-0.1, -0.05) is 61.5 Å². The Morgan fingerprint density at radius 1 is 1.00 bits per heavy atom. The zero-order chi connectivity index (χ0) is 17.6. The molecule has 128 valence electrons. The molecule has 0 atom stereocenters. The summed E-state index contributed by atoms with van der Waals surface area (Å²) in [4.78, 5) is 12.4. The van der Waals surface area contributed by atoms with Crippen LogP contribution in [0.25, 0.3) is 0 Å². The molecule has 0 bridgehead atoms. The van der Waals surface area contributed by atoms with Crippen LogP contribution in [0.2, 0.25) is 0 Å². The van der Waals surface area contributed by atoms with Gasteiger partial charge in [-0.05, 0) is 30.0 Å². The number of aromatic nitrogens is 2. The average molecular weight is 333 g/mol. The number of anilines is 1. The zero-order valence-corrected chi connectivity index (χ0v) is 14.7. The average Bonchev–Trinajstić information content (AvgIpc) is 2.95. The minimum absolute atomic E-state index is 0.0292. The first-order valence-electron chi connectivity index (χ1n) is 8.60. The summed E-state index contributed by atoms with van der Waals surface area (Å²) in [7, 11) is 0. The lowest BCUT2D eigenvalue weighted by Crippen LogP contribution is -2.18. The van der Waals surface area contributed by atoms with Crippen LogP contribution in [0.15, 0.2) is 60.7 Å². The number of hydrogen-bond acceptors (Lipinski definition) is 2. The highest BCUT2D eigenvalue weighted by Gasteiger charge is 2.10. The topological polar surface area (TPSA) is 46.9 Å². The van der Waals surface area contributed by atoms with E-state index in [1.807, 2.05) is 48.0 Å². The van der Waals surface area contributed by atoms with Gasteiger partial charge in [-0.25, -0.2) is 4.68 Å². The molecule has 0 aliphatic rings. The van der Waals surface area contributed by atoms with Crippen molar-refractivity contribution in [2.45, 2.75) is 33.2 Å². The van der Waals surface area contributed by atoms with Gasteiger partial charge in [0.25, 0.3) is 0 Å². The quantitative estimate of drug-likeness (QED) is 0.741. The van der Waals surface area contributed by atoms with E-state index in [-0.39, 0.29) is 5.91 Å². The molecule has 0 aliphatic carbocycles. The van der Waals surface area contributed by atoms with Crippen LogP contribution < -0.4 is 5.32 Å². The Bertz CT molecular complexity index is 835. The second-order valence-corrected chi connectivity index (χ2v) is 6.21. The smallest absolute Gasteiger partial charge is 0.229 e. The molecule has 0 spiro atoms. The molecule has 0 fully saturated rings. The largest absolute Gasteiger partial charge is 0.311 e. The molecular weight excluding hydrogens is 310 g/mol. The molecular formula is C21H23N3O. The zero-order valence-electron chi connectivity index (χ0n) is 14.7. The Morgan fingerprint density at radius 2 is 1.68 bits per heavy atom. The van der Waals surface area contributed by atoms with Crippen molar-refractivity contribution in [2.24, 2.45) is 0 Å². The van der Waals surface area contributed by atoms with Gasteiger partial charge < -0.3 is 5.32 Å². The lowest BCUT2D eigenvalue weighted by atomic mass is 10.1. The third kappa shape index (κ3) is 4.57. The second kappa shape index (κ2) is 7.79. The number of aryl methyl sites for hydroxylation is 2. The summed E-state index contributed by atoms with van der Waals surface area (Å²) < 4.78 is 1.84. The third-order valence-corrected chi connectivity index (χ3v) is 4.14. The minimum atomic E-state index is -0.0292. The standard InChI is InChI=1S/C21H23N3O/c1-3-17-9-11-18(12-10-17)14-21(25)22-20-13-16(2)23-24(20)15-19-7-5-4-6-8-19/h4-13H,3,14-15H2,1-2H3,(H,22,25). The number of carbonyl (C=O) groups is 1. The van der Waals surface area contributed by atoms with Crippen LogP contribution in [0.5, 0.6) is 0 Å².